The number of aryl methyl sites for hydroxylation is 3. The molecule has 1 N–H and O–H groups in total. The first-order chi connectivity index (χ1) is 9.22. The molecule has 108 valence electrons. The first kappa shape index (κ1) is 15.1. The van der Waals surface area contributed by atoms with Gasteiger partial charge >= 0.3 is 0 Å². The van der Waals surface area contributed by atoms with Gasteiger partial charge in [0.2, 0.25) is 5.88 Å². The van der Waals surface area contributed by atoms with Crippen LogP contribution in [0.5, 0.6) is 0 Å². The summed E-state index contributed by atoms with van der Waals surface area (Å²) in [4.78, 5) is 0.228. The van der Waals surface area contributed by atoms with E-state index in [-0.39, 0.29) is 10.8 Å². The highest BCUT2D eigenvalue weighted by atomic mass is 79.9. The summed E-state index contributed by atoms with van der Waals surface area (Å²) in [5.74, 6) is 0.155. The normalized spacial score (nSPS) is 11.7. The van der Waals surface area contributed by atoms with Gasteiger partial charge in [-0.25, -0.2) is 13.1 Å². The van der Waals surface area contributed by atoms with Crippen LogP contribution in [0.15, 0.2) is 26.0 Å². The van der Waals surface area contributed by atoms with E-state index >= 15 is 0 Å². The summed E-state index contributed by atoms with van der Waals surface area (Å²) < 4.78 is 33.2. The van der Waals surface area contributed by atoms with Gasteiger partial charge in [-0.2, -0.15) is 0 Å². The fraction of sp³-hybridized carbons (Fsp3) is 0.308. The molecule has 1 aromatic heterocycles. The molecule has 2 aromatic rings. The molecule has 0 bridgehead atoms. The Kier molecular flexibility index (Phi) is 3.93. The highest BCUT2D eigenvalue weighted by Gasteiger charge is 2.21. The summed E-state index contributed by atoms with van der Waals surface area (Å²) in [7, 11) is -3.70. The minimum Gasteiger partial charge on any atom is -0.337 e. The topological polar surface area (TPSA) is 72.2 Å². The Balaban J connectivity index is 2.46. The van der Waals surface area contributed by atoms with E-state index in [1.807, 2.05) is 6.92 Å². The minimum absolute atomic E-state index is 0.155. The molecule has 0 saturated carbocycles. The molecule has 0 saturated heterocycles. The zero-order valence-corrected chi connectivity index (χ0v) is 14.0. The van der Waals surface area contributed by atoms with Crippen molar-refractivity contribution in [3.05, 3.63) is 39.0 Å². The highest BCUT2D eigenvalue weighted by Crippen LogP contribution is 2.27. The monoisotopic (exact) mass is 358 g/mol. The quantitative estimate of drug-likeness (QED) is 0.911. The van der Waals surface area contributed by atoms with E-state index in [9.17, 15) is 8.42 Å². The van der Waals surface area contributed by atoms with Crippen molar-refractivity contribution in [2.24, 2.45) is 0 Å². The van der Waals surface area contributed by atoms with Crippen LogP contribution in [0.25, 0.3) is 0 Å². The van der Waals surface area contributed by atoms with Gasteiger partial charge in [0.15, 0.2) is 0 Å². The predicted molar refractivity (Wildman–Crippen MR) is 80.4 cm³/mol. The average Bonchev–Trinajstić information content (AvgIpc) is 2.65. The number of rotatable bonds is 3. The van der Waals surface area contributed by atoms with Gasteiger partial charge in [-0.3, -0.25) is 0 Å². The van der Waals surface area contributed by atoms with E-state index in [4.69, 9.17) is 4.52 Å². The minimum atomic E-state index is -3.70. The van der Waals surface area contributed by atoms with E-state index in [0.717, 1.165) is 10.0 Å². The van der Waals surface area contributed by atoms with Crippen molar-refractivity contribution < 1.29 is 12.9 Å². The Hall–Kier alpha value is -1.34. The molecule has 20 heavy (non-hydrogen) atoms. The second-order valence-electron chi connectivity index (χ2n) is 4.69. The molecule has 0 aliphatic rings. The van der Waals surface area contributed by atoms with Gasteiger partial charge in [0, 0.05) is 10.0 Å². The SMILES string of the molecule is Cc1cc(S(=O)(=O)Nc2onc(C)c2C)c(C)cc1Br. The third-order valence-corrected chi connectivity index (χ3v) is 5.46. The Morgan fingerprint density at radius 2 is 1.80 bits per heavy atom. The van der Waals surface area contributed by atoms with E-state index in [1.54, 1.807) is 32.9 Å². The number of anilines is 1. The Morgan fingerprint density at radius 3 is 2.35 bits per heavy atom. The maximum atomic E-state index is 12.4. The van der Waals surface area contributed by atoms with Crippen LogP contribution in [0.1, 0.15) is 22.4 Å². The van der Waals surface area contributed by atoms with Crippen molar-refractivity contribution in [3.63, 3.8) is 0 Å². The molecule has 2 rings (SSSR count). The van der Waals surface area contributed by atoms with E-state index < -0.39 is 10.0 Å². The number of nitrogens with one attached hydrogen (secondary N) is 1. The summed E-state index contributed by atoms with van der Waals surface area (Å²) in [6, 6.07) is 3.41. The Morgan fingerprint density at radius 1 is 1.15 bits per heavy atom. The van der Waals surface area contributed by atoms with Crippen molar-refractivity contribution in [2.75, 3.05) is 4.72 Å². The molecule has 1 heterocycles. The molecule has 0 fully saturated rings. The van der Waals surface area contributed by atoms with Crippen molar-refractivity contribution >= 4 is 31.8 Å². The van der Waals surface area contributed by atoms with Crippen molar-refractivity contribution in [1.29, 1.82) is 0 Å². The Bertz CT molecular complexity index is 766. The lowest BCUT2D eigenvalue weighted by Gasteiger charge is -2.10. The molecule has 0 amide bonds. The molecule has 0 aliphatic heterocycles. The number of hydrogen-bond donors (Lipinski definition) is 1. The van der Waals surface area contributed by atoms with Gasteiger partial charge in [0.25, 0.3) is 10.0 Å². The first-order valence-electron chi connectivity index (χ1n) is 5.95. The van der Waals surface area contributed by atoms with Gasteiger partial charge in [0.05, 0.1) is 10.6 Å². The van der Waals surface area contributed by atoms with Crippen LogP contribution in [-0.2, 0) is 10.0 Å². The van der Waals surface area contributed by atoms with Crippen LogP contribution < -0.4 is 4.72 Å². The molecule has 5 nitrogen and oxygen atoms in total. The molecule has 0 unspecified atom stereocenters. The molecule has 0 radical (unpaired) electrons. The number of benzene rings is 1. The lowest BCUT2D eigenvalue weighted by atomic mass is 10.2. The summed E-state index contributed by atoms with van der Waals surface area (Å²) in [6.45, 7) is 7.10. The first-order valence-corrected chi connectivity index (χ1v) is 8.22. The van der Waals surface area contributed by atoms with E-state index in [0.29, 0.717) is 16.8 Å². The lowest BCUT2D eigenvalue weighted by Crippen LogP contribution is -2.14. The van der Waals surface area contributed by atoms with Gasteiger partial charge in [-0.05, 0) is 51.0 Å². The molecule has 0 aliphatic carbocycles. The number of aromatic nitrogens is 1. The van der Waals surface area contributed by atoms with Crippen LogP contribution >= 0.6 is 15.9 Å². The molecule has 1 aromatic carbocycles. The van der Waals surface area contributed by atoms with Crippen molar-refractivity contribution in [3.8, 4) is 0 Å². The van der Waals surface area contributed by atoms with Crippen LogP contribution in [0.3, 0.4) is 0 Å². The number of hydrogen-bond acceptors (Lipinski definition) is 4. The van der Waals surface area contributed by atoms with E-state index in [1.165, 1.54) is 0 Å². The zero-order valence-electron chi connectivity index (χ0n) is 11.6. The molecule has 7 heteroatoms. The molecule has 0 atom stereocenters. The zero-order chi connectivity index (χ0) is 15.1. The highest BCUT2D eigenvalue weighted by molar-refractivity contribution is 9.10. The maximum absolute atomic E-state index is 12.4. The number of halogens is 1. The van der Waals surface area contributed by atoms with Gasteiger partial charge in [0.1, 0.15) is 0 Å². The smallest absolute Gasteiger partial charge is 0.264 e. The second kappa shape index (κ2) is 5.21. The largest absolute Gasteiger partial charge is 0.337 e. The standard InChI is InChI=1S/C13H15BrN2O3S/c1-7-6-12(8(2)5-11(7)14)20(17,18)16-13-9(3)10(4)15-19-13/h5-6,16H,1-4H3. The summed E-state index contributed by atoms with van der Waals surface area (Å²) in [5, 5.41) is 3.74. The van der Waals surface area contributed by atoms with Crippen molar-refractivity contribution in [2.45, 2.75) is 32.6 Å². The molecule has 0 spiro atoms. The van der Waals surface area contributed by atoms with Crippen LogP contribution in [0.4, 0.5) is 5.88 Å². The predicted octanol–water partition coefficient (Wildman–Crippen LogP) is 3.47. The van der Waals surface area contributed by atoms with E-state index in [2.05, 4.69) is 25.8 Å². The fourth-order valence-corrected chi connectivity index (χ4v) is 3.55. The lowest BCUT2D eigenvalue weighted by molar-refractivity contribution is 0.430. The van der Waals surface area contributed by atoms with Crippen LogP contribution in [-0.4, -0.2) is 13.6 Å². The van der Waals surface area contributed by atoms with Crippen molar-refractivity contribution in [1.82, 2.24) is 5.16 Å². The Labute approximate surface area is 126 Å². The third kappa shape index (κ3) is 2.73. The maximum Gasteiger partial charge on any atom is 0.264 e. The van der Waals surface area contributed by atoms with Gasteiger partial charge < -0.3 is 4.52 Å². The summed E-state index contributed by atoms with van der Waals surface area (Å²) >= 11 is 3.38. The number of nitrogens with zero attached hydrogens (tertiary/aromatic N) is 1. The van der Waals surface area contributed by atoms with Crippen LogP contribution in [0.2, 0.25) is 0 Å². The summed E-state index contributed by atoms with van der Waals surface area (Å²) in [6.07, 6.45) is 0. The molecular formula is C13H15BrN2O3S. The van der Waals surface area contributed by atoms with Gasteiger partial charge in [-0.1, -0.05) is 21.1 Å². The number of sulfonamides is 1. The molecular weight excluding hydrogens is 344 g/mol. The third-order valence-electron chi connectivity index (χ3n) is 3.13. The fourth-order valence-electron chi connectivity index (χ4n) is 1.73. The summed E-state index contributed by atoms with van der Waals surface area (Å²) in [5.41, 5.74) is 2.84. The van der Waals surface area contributed by atoms with Crippen LogP contribution in [0, 0.1) is 27.7 Å². The average molecular weight is 359 g/mol. The van der Waals surface area contributed by atoms with Gasteiger partial charge in [-0.15, -0.1) is 0 Å². The second-order valence-corrected chi connectivity index (χ2v) is 7.20.